The van der Waals surface area contributed by atoms with E-state index in [0.29, 0.717) is 27.1 Å². The molecule has 0 radical (unpaired) electrons. The Morgan fingerprint density at radius 3 is 2.58 bits per heavy atom. The van der Waals surface area contributed by atoms with Crippen LogP contribution < -0.4 is 10.6 Å². The molecule has 0 spiro atoms. The molecule has 0 saturated heterocycles. The lowest BCUT2D eigenvalue weighted by molar-refractivity contribution is -0.117. The van der Waals surface area contributed by atoms with Crippen LogP contribution in [0.4, 0.5) is 5.82 Å². The van der Waals surface area contributed by atoms with Crippen LogP contribution in [-0.4, -0.2) is 28.1 Å². The van der Waals surface area contributed by atoms with Crippen LogP contribution in [0.5, 0.6) is 0 Å². The summed E-state index contributed by atoms with van der Waals surface area (Å²) in [6.45, 7) is 1.57. The molecular weight excluding hydrogens is 379 g/mol. The van der Waals surface area contributed by atoms with Crippen molar-refractivity contribution in [1.29, 1.82) is 0 Å². The molecule has 26 heavy (non-hydrogen) atoms. The molecule has 134 valence electrons. The number of nitrogens with one attached hydrogen (secondary N) is 3. The molecule has 1 aromatic carbocycles. The van der Waals surface area contributed by atoms with Gasteiger partial charge in [-0.05, 0) is 31.2 Å². The summed E-state index contributed by atoms with van der Waals surface area (Å²) in [5, 5.41) is 13.0. The van der Waals surface area contributed by atoms with Crippen molar-refractivity contribution in [1.82, 2.24) is 15.5 Å². The van der Waals surface area contributed by atoms with Crippen molar-refractivity contribution in [2.24, 2.45) is 0 Å². The van der Waals surface area contributed by atoms with Crippen LogP contribution >= 0.6 is 23.2 Å². The highest BCUT2D eigenvalue weighted by Crippen LogP contribution is 2.27. The lowest BCUT2D eigenvalue weighted by Gasteiger charge is -2.12. The van der Waals surface area contributed by atoms with Crippen LogP contribution in [-0.2, 0) is 4.79 Å². The van der Waals surface area contributed by atoms with Gasteiger partial charge in [0, 0.05) is 21.7 Å². The third-order valence-corrected chi connectivity index (χ3v) is 3.96. The maximum atomic E-state index is 12.2. The van der Waals surface area contributed by atoms with Gasteiger partial charge in [0.1, 0.15) is 12.3 Å². The van der Waals surface area contributed by atoms with E-state index >= 15 is 0 Å². The molecule has 1 unspecified atom stereocenters. The minimum atomic E-state index is -0.766. The minimum Gasteiger partial charge on any atom is -0.472 e. The second kappa shape index (κ2) is 7.63. The van der Waals surface area contributed by atoms with Crippen LogP contribution in [0.3, 0.4) is 0 Å². The topological polar surface area (TPSA) is 100 Å². The van der Waals surface area contributed by atoms with Crippen LogP contribution in [0.2, 0.25) is 10.0 Å². The Balaban J connectivity index is 1.64. The quantitative estimate of drug-likeness (QED) is 0.615. The van der Waals surface area contributed by atoms with E-state index in [-0.39, 0.29) is 0 Å². The third kappa shape index (κ3) is 4.25. The summed E-state index contributed by atoms with van der Waals surface area (Å²) < 4.78 is 4.84. The molecule has 3 N–H and O–H groups in total. The summed E-state index contributed by atoms with van der Waals surface area (Å²) in [6.07, 6.45) is 2.68. The molecule has 0 saturated carbocycles. The first kappa shape index (κ1) is 18.0. The summed E-state index contributed by atoms with van der Waals surface area (Å²) in [5.41, 5.74) is 1.71. The normalized spacial score (nSPS) is 11.8. The van der Waals surface area contributed by atoms with Gasteiger partial charge in [0.05, 0.1) is 17.5 Å². The van der Waals surface area contributed by atoms with Gasteiger partial charge in [-0.2, -0.15) is 5.10 Å². The Kier molecular flexibility index (Phi) is 5.29. The second-order valence-corrected chi connectivity index (χ2v) is 6.39. The fraction of sp³-hybridized carbons (Fsp3) is 0.118. The first-order valence-electron chi connectivity index (χ1n) is 7.58. The number of aromatic nitrogens is 2. The van der Waals surface area contributed by atoms with Gasteiger partial charge in [-0.3, -0.25) is 14.7 Å². The average Bonchev–Trinajstić information content (AvgIpc) is 3.25. The lowest BCUT2D eigenvalue weighted by atomic mass is 10.1. The third-order valence-electron chi connectivity index (χ3n) is 3.53. The fourth-order valence-electron chi connectivity index (χ4n) is 2.22. The largest absolute Gasteiger partial charge is 0.472 e. The second-order valence-electron chi connectivity index (χ2n) is 5.52. The van der Waals surface area contributed by atoms with E-state index in [4.69, 9.17) is 27.6 Å². The SMILES string of the molecule is CC(NC(=O)c1ccoc1)C(=O)Nc1cc(-c2cc(Cl)cc(Cl)c2)[nH]n1. The lowest BCUT2D eigenvalue weighted by Crippen LogP contribution is -2.41. The number of furan rings is 1. The zero-order chi connectivity index (χ0) is 18.7. The summed E-state index contributed by atoms with van der Waals surface area (Å²) in [5.74, 6) is -0.507. The molecule has 0 aliphatic rings. The Labute approximate surface area is 158 Å². The van der Waals surface area contributed by atoms with Gasteiger partial charge in [-0.25, -0.2) is 0 Å². The van der Waals surface area contributed by atoms with Gasteiger partial charge in [-0.1, -0.05) is 23.2 Å². The van der Waals surface area contributed by atoms with E-state index in [9.17, 15) is 9.59 Å². The number of aromatic amines is 1. The van der Waals surface area contributed by atoms with Crippen LogP contribution in [0.15, 0.2) is 47.3 Å². The number of anilines is 1. The smallest absolute Gasteiger partial charge is 0.255 e. The van der Waals surface area contributed by atoms with Crippen molar-refractivity contribution < 1.29 is 14.0 Å². The van der Waals surface area contributed by atoms with E-state index in [1.807, 2.05) is 0 Å². The first-order chi connectivity index (χ1) is 12.4. The molecule has 1 atom stereocenters. The zero-order valence-electron chi connectivity index (χ0n) is 13.5. The van der Waals surface area contributed by atoms with Crippen LogP contribution in [0.25, 0.3) is 11.3 Å². The predicted octanol–water partition coefficient (Wildman–Crippen LogP) is 3.73. The Hall–Kier alpha value is -2.77. The molecule has 0 bridgehead atoms. The van der Waals surface area contributed by atoms with Crippen molar-refractivity contribution >= 4 is 40.8 Å². The van der Waals surface area contributed by atoms with E-state index < -0.39 is 17.9 Å². The molecule has 3 rings (SSSR count). The summed E-state index contributed by atoms with van der Waals surface area (Å²) in [7, 11) is 0. The molecule has 0 aliphatic heterocycles. The van der Waals surface area contributed by atoms with Gasteiger partial charge in [0.2, 0.25) is 5.91 Å². The van der Waals surface area contributed by atoms with Crippen molar-refractivity contribution in [3.05, 3.63) is 58.5 Å². The van der Waals surface area contributed by atoms with Crippen molar-refractivity contribution in [2.75, 3.05) is 5.32 Å². The zero-order valence-corrected chi connectivity index (χ0v) is 15.1. The standard InChI is InChI=1S/C17H14Cl2N4O3/c1-9(20-17(25)10-2-3-26-8-10)16(24)21-15-7-14(22-23-15)11-4-12(18)6-13(19)5-11/h2-9H,1H3,(H,20,25)(H2,21,22,23,24). The Morgan fingerprint density at radius 2 is 1.92 bits per heavy atom. The monoisotopic (exact) mass is 392 g/mol. The Bertz CT molecular complexity index is 917. The fourth-order valence-corrected chi connectivity index (χ4v) is 2.74. The number of amides is 2. The highest BCUT2D eigenvalue weighted by atomic mass is 35.5. The van der Waals surface area contributed by atoms with E-state index in [1.54, 1.807) is 31.2 Å². The molecule has 2 heterocycles. The van der Waals surface area contributed by atoms with Crippen molar-refractivity contribution in [3.63, 3.8) is 0 Å². The van der Waals surface area contributed by atoms with Gasteiger partial charge in [0.15, 0.2) is 5.82 Å². The average molecular weight is 393 g/mol. The maximum Gasteiger partial charge on any atom is 0.255 e. The number of rotatable bonds is 5. The summed E-state index contributed by atoms with van der Waals surface area (Å²) in [4.78, 5) is 24.2. The molecule has 2 amide bonds. The molecule has 0 fully saturated rings. The number of H-pyrrole nitrogens is 1. The molecule has 3 aromatic rings. The molecular formula is C17H14Cl2N4O3. The molecule has 7 nitrogen and oxygen atoms in total. The minimum absolute atomic E-state index is 0.311. The number of hydrogen-bond donors (Lipinski definition) is 3. The van der Waals surface area contributed by atoms with Gasteiger partial charge in [0.25, 0.3) is 5.91 Å². The van der Waals surface area contributed by atoms with Gasteiger partial charge >= 0.3 is 0 Å². The predicted molar refractivity (Wildman–Crippen MR) is 98.3 cm³/mol. The number of hydrogen-bond acceptors (Lipinski definition) is 4. The van der Waals surface area contributed by atoms with Gasteiger partial charge in [-0.15, -0.1) is 0 Å². The number of benzene rings is 1. The van der Waals surface area contributed by atoms with Gasteiger partial charge < -0.3 is 15.1 Å². The van der Waals surface area contributed by atoms with E-state index in [1.165, 1.54) is 18.6 Å². The van der Waals surface area contributed by atoms with E-state index in [0.717, 1.165) is 5.56 Å². The van der Waals surface area contributed by atoms with Crippen molar-refractivity contribution in [2.45, 2.75) is 13.0 Å². The van der Waals surface area contributed by atoms with Crippen molar-refractivity contribution in [3.8, 4) is 11.3 Å². The number of nitrogens with zero attached hydrogens (tertiary/aromatic N) is 1. The number of halogens is 2. The highest BCUT2D eigenvalue weighted by molar-refractivity contribution is 6.35. The first-order valence-corrected chi connectivity index (χ1v) is 8.34. The molecule has 0 aliphatic carbocycles. The summed E-state index contributed by atoms with van der Waals surface area (Å²) >= 11 is 12.0. The summed E-state index contributed by atoms with van der Waals surface area (Å²) in [6, 6.07) is 7.45. The van der Waals surface area contributed by atoms with Crippen LogP contribution in [0.1, 0.15) is 17.3 Å². The molecule has 9 heteroatoms. The maximum absolute atomic E-state index is 12.2. The van der Waals surface area contributed by atoms with E-state index in [2.05, 4.69) is 20.8 Å². The highest BCUT2D eigenvalue weighted by Gasteiger charge is 2.18. The number of carbonyl (C=O) groups is 2. The number of carbonyl (C=O) groups excluding carboxylic acids is 2. The Morgan fingerprint density at radius 1 is 1.19 bits per heavy atom. The molecule has 2 aromatic heterocycles. The van der Waals surface area contributed by atoms with Crippen LogP contribution in [0, 0.1) is 0 Å².